The fraction of sp³-hybridized carbons (Fsp3) is 0.667. The van der Waals surface area contributed by atoms with Crippen LogP contribution >= 0.6 is 0 Å². The van der Waals surface area contributed by atoms with Gasteiger partial charge in [-0.2, -0.15) is 4.98 Å². The average molecular weight is 321 g/mol. The molecule has 1 aliphatic carbocycles. The summed E-state index contributed by atoms with van der Waals surface area (Å²) in [5.41, 5.74) is 0. The van der Waals surface area contributed by atoms with Crippen LogP contribution in [-0.4, -0.2) is 43.7 Å². The van der Waals surface area contributed by atoms with Gasteiger partial charge in [0.25, 0.3) is 5.16 Å². The van der Waals surface area contributed by atoms with E-state index in [-0.39, 0.29) is 35.7 Å². The molecule has 0 bridgehead atoms. The number of halogens is 2. The van der Waals surface area contributed by atoms with E-state index in [1.165, 1.54) is 13.2 Å². The van der Waals surface area contributed by atoms with Gasteiger partial charge < -0.3 is 10.1 Å². The first-order valence-corrected chi connectivity index (χ1v) is 8.36. The molecule has 0 spiro atoms. The minimum absolute atomic E-state index is 0.106. The molecular formula is C12H17F2N3O3S. The largest absolute Gasteiger partial charge is 0.481 e. The average Bonchev–Trinajstić information content (AvgIpc) is 2.40. The van der Waals surface area contributed by atoms with Crippen molar-refractivity contribution >= 4 is 15.7 Å². The summed E-state index contributed by atoms with van der Waals surface area (Å²) in [7, 11) is -2.22. The second-order valence-corrected chi connectivity index (χ2v) is 7.03. The summed E-state index contributed by atoms with van der Waals surface area (Å²) in [5, 5.41) is 2.62. The number of nitrogens with one attached hydrogen (secondary N) is 1. The van der Waals surface area contributed by atoms with Crippen LogP contribution in [0, 0.1) is 0 Å². The number of hydrogen-bond acceptors (Lipinski definition) is 6. The molecule has 0 radical (unpaired) electrons. The maximum Gasteiger partial charge on any atom is 0.252 e. The summed E-state index contributed by atoms with van der Waals surface area (Å²) in [6.45, 7) is 0. The van der Waals surface area contributed by atoms with Crippen molar-refractivity contribution in [2.24, 2.45) is 0 Å². The van der Waals surface area contributed by atoms with E-state index in [0.717, 1.165) is 6.26 Å². The Labute approximate surface area is 121 Å². The highest BCUT2D eigenvalue weighted by Gasteiger charge is 2.35. The first kappa shape index (κ1) is 15.9. The lowest BCUT2D eigenvalue weighted by atomic mass is 9.92. The zero-order chi connectivity index (χ0) is 15.7. The maximum absolute atomic E-state index is 13.1. The highest BCUT2D eigenvalue weighted by Crippen LogP contribution is 2.34. The van der Waals surface area contributed by atoms with Crippen LogP contribution in [0.4, 0.5) is 14.6 Å². The van der Waals surface area contributed by atoms with E-state index in [1.807, 2.05) is 0 Å². The minimum atomic E-state index is -3.58. The quantitative estimate of drug-likeness (QED) is 0.853. The number of aromatic nitrogens is 2. The van der Waals surface area contributed by atoms with Crippen LogP contribution in [-0.2, 0) is 9.84 Å². The minimum Gasteiger partial charge on any atom is -0.481 e. The molecule has 1 fully saturated rings. The molecule has 1 saturated carbocycles. The lowest BCUT2D eigenvalue weighted by molar-refractivity contribution is -0.0361. The Bertz CT molecular complexity index is 612. The van der Waals surface area contributed by atoms with Gasteiger partial charge in [0.15, 0.2) is 0 Å². The number of alkyl halides is 2. The van der Waals surface area contributed by atoms with E-state index in [4.69, 9.17) is 4.74 Å². The number of methoxy groups -OCH3 is 1. The molecule has 0 amide bonds. The van der Waals surface area contributed by atoms with Crippen molar-refractivity contribution < 1.29 is 21.9 Å². The van der Waals surface area contributed by atoms with Crippen LogP contribution < -0.4 is 10.1 Å². The normalized spacial score (nSPS) is 19.2. The predicted molar refractivity (Wildman–Crippen MR) is 72.5 cm³/mol. The Kier molecular flexibility index (Phi) is 4.31. The Morgan fingerprint density at radius 2 is 1.95 bits per heavy atom. The molecule has 118 valence electrons. The molecule has 0 aromatic carbocycles. The molecule has 9 heteroatoms. The summed E-state index contributed by atoms with van der Waals surface area (Å²) in [5.74, 6) is -2.24. The van der Waals surface area contributed by atoms with Crippen LogP contribution in [0.15, 0.2) is 11.2 Å². The molecule has 0 saturated heterocycles. The zero-order valence-corrected chi connectivity index (χ0v) is 12.6. The second-order valence-electron chi connectivity index (χ2n) is 5.12. The van der Waals surface area contributed by atoms with Gasteiger partial charge in [0.05, 0.1) is 7.11 Å². The Hall–Kier alpha value is -1.51. The van der Waals surface area contributed by atoms with E-state index in [1.54, 1.807) is 0 Å². The second kappa shape index (κ2) is 5.70. The first-order chi connectivity index (χ1) is 9.69. The van der Waals surface area contributed by atoms with Crippen molar-refractivity contribution in [1.29, 1.82) is 0 Å². The van der Waals surface area contributed by atoms with Gasteiger partial charge in [0.2, 0.25) is 21.6 Å². The van der Waals surface area contributed by atoms with E-state index >= 15 is 0 Å². The van der Waals surface area contributed by atoms with Gasteiger partial charge in [0.1, 0.15) is 5.82 Å². The zero-order valence-electron chi connectivity index (χ0n) is 11.8. The van der Waals surface area contributed by atoms with Crippen molar-refractivity contribution in [3.05, 3.63) is 6.07 Å². The van der Waals surface area contributed by atoms with E-state index < -0.39 is 15.8 Å². The molecule has 0 unspecified atom stereocenters. The number of ether oxygens (including phenoxy) is 1. The van der Waals surface area contributed by atoms with Gasteiger partial charge in [-0.1, -0.05) is 0 Å². The highest BCUT2D eigenvalue weighted by atomic mass is 32.2. The third kappa shape index (κ3) is 4.23. The third-order valence-corrected chi connectivity index (χ3v) is 4.14. The van der Waals surface area contributed by atoms with Crippen molar-refractivity contribution in [2.45, 2.75) is 42.8 Å². The smallest absolute Gasteiger partial charge is 0.252 e. The standard InChI is InChI=1S/C12H17F2N3O3S/c1-20-10-7-9(16-11(17-10)21(2,18)19)15-8-3-5-12(13,14)6-4-8/h7-8H,3-6H2,1-2H3,(H,15,16,17). The van der Waals surface area contributed by atoms with Crippen molar-refractivity contribution in [1.82, 2.24) is 9.97 Å². The molecule has 0 aliphatic heterocycles. The van der Waals surface area contributed by atoms with Gasteiger partial charge in [0, 0.05) is 31.2 Å². The Balaban J connectivity index is 2.17. The van der Waals surface area contributed by atoms with Crippen LogP contribution in [0.5, 0.6) is 5.88 Å². The lowest BCUT2D eigenvalue weighted by Gasteiger charge is -2.29. The highest BCUT2D eigenvalue weighted by molar-refractivity contribution is 7.90. The molecule has 21 heavy (non-hydrogen) atoms. The molecule has 1 aromatic heterocycles. The van der Waals surface area contributed by atoms with Crippen LogP contribution in [0.2, 0.25) is 0 Å². The molecule has 1 heterocycles. The fourth-order valence-electron chi connectivity index (χ4n) is 2.14. The van der Waals surface area contributed by atoms with Crippen LogP contribution in [0.1, 0.15) is 25.7 Å². The number of hydrogen-bond donors (Lipinski definition) is 1. The van der Waals surface area contributed by atoms with Gasteiger partial charge >= 0.3 is 0 Å². The SMILES string of the molecule is COc1cc(NC2CCC(F)(F)CC2)nc(S(C)(=O)=O)n1. The maximum atomic E-state index is 13.1. The monoisotopic (exact) mass is 321 g/mol. The van der Waals surface area contributed by atoms with E-state index in [0.29, 0.717) is 12.8 Å². The molecule has 1 N–H and O–H groups in total. The molecule has 1 aliphatic rings. The number of rotatable bonds is 4. The summed E-state index contributed by atoms with van der Waals surface area (Å²) in [4.78, 5) is 7.66. The van der Waals surface area contributed by atoms with Crippen LogP contribution in [0.25, 0.3) is 0 Å². The first-order valence-electron chi connectivity index (χ1n) is 6.47. The molecule has 6 nitrogen and oxygen atoms in total. The number of sulfone groups is 1. The van der Waals surface area contributed by atoms with Gasteiger partial charge in [-0.25, -0.2) is 22.2 Å². The topological polar surface area (TPSA) is 81.2 Å². The van der Waals surface area contributed by atoms with Gasteiger partial charge in [-0.05, 0) is 12.8 Å². The van der Waals surface area contributed by atoms with Crippen LogP contribution in [0.3, 0.4) is 0 Å². The van der Waals surface area contributed by atoms with E-state index in [9.17, 15) is 17.2 Å². The number of anilines is 1. The third-order valence-electron chi connectivity index (χ3n) is 3.29. The summed E-state index contributed by atoms with van der Waals surface area (Å²) in [6.07, 6.45) is 1.21. The van der Waals surface area contributed by atoms with Crippen molar-refractivity contribution in [3.63, 3.8) is 0 Å². The number of nitrogens with zero attached hydrogens (tertiary/aromatic N) is 2. The summed E-state index contributed by atoms with van der Waals surface area (Å²) < 4.78 is 54.2. The van der Waals surface area contributed by atoms with E-state index in [2.05, 4.69) is 15.3 Å². The molecule has 2 rings (SSSR count). The Morgan fingerprint density at radius 3 is 2.48 bits per heavy atom. The van der Waals surface area contributed by atoms with Crippen molar-refractivity contribution in [2.75, 3.05) is 18.7 Å². The summed E-state index contributed by atoms with van der Waals surface area (Å²) in [6, 6.07) is 1.28. The molecule has 0 atom stereocenters. The summed E-state index contributed by atoms with van der Waals surface area (Å²) >= 11 is 0. The van der Waals surface area contributed by atoms with Crippen molar-refractivity contribution in [3.8, 4) is 5.88 Å². The lowest BCUT2D eigenvalue weighted by Crippen LogP contribution is -2.32. The fourth-order valence-corrected chi connectivity index (χ4v) is 2.66. The van der Waals surface area contributed by atoms with Gasteiger partial charge in [-0.15, -0.1) is 0 Å². The Morgan fingerprint density at radius 1 is 1.33 bits per heavy atom. The van der Waals surface area contributed by atoms with Gasteiger partial charge in [-0.3, -0.25) is 0 Å². The predicted octanol–water partition coefficient (Wildman–Crippen LogP) is 1.88. The molecule has 1 aromatic rings. The molecular weight excluding hydrogens is 304 g/mol.